The molecule has 3 nitrogen and oxygen atoms in total. The van der Waals surface area contributed by atoms with E-state index in [0.717, 1.165) is 0 Å². The first-order valence-corrected chi connectivity index (χ1v) is 5.44. The molecular formula is C13H10F3NO2. The van der Waals surface area contributed by atoms with Crippen molar-refractivity contribution in [1.82, 2.24) is 5.32 Å². The minimum atomic E-state index is -4.46. The molecule has 2 aromatic rings. The van der Waals surface area contributed by atoms with Gasteiger partial charge >= 0.3 is 6.18 Å². The lowest BCUT2D eigenvalue weighted by Crippen LogP contribution is -2.33. The van der Waals surface area contributed by atoms with Crippen molar-refractivity contribution in [3.8, 4) is 5.75 Å². The molecule has 0 radical (unpaired) electrons. The fourth-order valence-corrected chi connectivity index (χ4v) is 1.76. The van der Waals surface area contributed by atoms with E-state index in [-0.39, 0.29) is 11.3 Å². The third-order valence-electron chi connectivity index (χ3n) is 2.60. The molecule has 100 valence electrons. The fourth-order valence-electron chi connectivity index (χ4n) is 1.76. The summed E-state index contributed by atoms with van der Waals surface area (Å²) >= 11 is 0. The largest absolute Gasteiger partial charge is 0.507 e. The lowest BCUT2D eigenvalue weighted by Gasteiger charge is -2.10. The first kappa shape index (κ1) is 13.2. The van der Waals surface area contributed by atoms with Crippen molar-refractivity contribution in [3.63, 3.8) is 0 Å². The van der Waals surface area contributed by atoms with Gasteiger partial charge in [0.25, 0.3) is 5.91 Å². The Labute approximate surface area is 106 Å². The molecule has 0 saturated heterocycles. The predicted molar refractivity (Wildman–Crippen MR) is 64.0 cm³/mol. The molecule has 0 spiro atoms. The Balaban J connectivity index is 2.35. The van der Waals surface area contributed by atoms with Crippen LogP contribution in [0.15, 0.2) is 36.4 Å². The average Bonchev–Trinajstić information content (AvgIpc) is 2.36. The van der Waals surface area contributed by atoms with E-state index in [9.17, 15) is 23.1 Å². The van der Waals surface area contributed by atoms with Gasteiger partial charge in [0.15, 0.2) is 0 Å². The third kappa shape index (κ3) is 2.96. The van der Waals surface area contributed by atoms with Crippen molar-refractivity contribution in [1.29, 1.82) is 0 Å². The number of carbonyl (C=O) groups excluding carboxylic acids is 1. The van der Waals surface area contributed by atoms with Crippen LogP contribution in [0.3, 0.4) is 0 Å². The van der Waals surface area contributed by atoms with Gasteiger partial charge in [-0.25, -0.2) is 0 Å². The summed E-state index contributed by atoms with van der Waals surface area (Å²) in [6.07, 6.45) is -4.46. The van der Waals surface area contributed by atoms with Crippen LogP contribution in [0, 0.1) is 0 Å². The van der Waals surface area contributed by atoms with Gasteiger partial charge in [0.05, 0.1) is 0 Å². The maximum atomic E-state index is 12.1. The monoisotopic (exact) mass is 269 g/mol. The number of rotatable bonds is 2. The van der Waals surface area contributed by atoms with Crippen LogP contribution in [-0.4, -0.2) is 23.7 Å². The van der Waals surface area contributed by atoms with Gasteiger partial charge in [0.2, 0.25) is 0 Å². The zero-order valence-corrected chi connectivity index (χ0v) is 9.66. The van der Waals surface area contributed by atoms with E-state index < -0.39 is 18.6 Å². The molecule has 6 heteroatoms. The maximum Gasteiger partial charge on any atom is 0.405 e. The summed E-state index contributed by atoms with van der Waals surface area (Å²) in [6.45, 7) is -1.39. The molecule has 0 heterocycles. The van der Waals surface area contributed by atoms with Gasteiger partial charge in [-0.1, -0.05) is 24.3 Å². The lowest BCUT2D eigenvalue weighted by atomic mass is 10.0. The SMILES string of the molecule is O=C(NCC(F)(F)F)c1ccc(O)c2ccccc12. The summed E-state index contributed by atoms with van der Waals surface area (Å²) in [4.78, 5) is 11.7. The number of hydrogen-bond acceptors (Lipinski definition) is 2. The standard InChI is InChI=1S/C13H10F3NO2/c14-13(15,16)7-17-12(19)10-5-6-11(18)9-4-2-1-3-8(9)10/h1-6,18H,7H2,(H,17,19). The van der Waals surface area contributed by atoms with Crippen LogP contribution in [0.1, 0.15) is 10.4 Å². The number of amides is 1. The molecule has 1 amide bonds. The molecule has 2 rings (SSSR count). The molecule has 0 aliphatic carbocycles. The molecule has 0 aliphatic heterocycles. The molecule has 0 unspecified atom stereocenters. The van der Waals surface area contributed by atoms with Crippen LogP contribution in [0.2, 0.25) is 0 Å². The van der Waals surface area contributed by atoms with Crippen molar-refractivity contribution in [2.75, 3.05) is 6.54 Å². The van der Waals surface area contributed by atoms with E-state index in [1.807, 2.05) is 0 Å². The molecule has 0 aliphatic rings. The minimum absolute atomic E-state index is 0.0250. The number of fused-ring (bicyclic) bond motifs is 1. The van der Waals surface area contributed by atoms with E-state index in [4.69, 9.17) is 0 Å². The Morgan fingerprint density at radius 3 is 2.37 bits per heavy atom. The van der Waals surface area contributed by atoms with Crippen LogP contribution in [-0.2, 0) is 0 Å². The Morgan fingerprint density at radius 2 is 1.74 bits per heavy atom. The van der Waals surface area contributed by atoms with E-state index >= 15 is 0 Å². The second-order valence-electron chi connectivity index (χ2n) is 3.98. The molecule has 19 heavy (non-hydrogen) atoms. The van der Waals surface area contributed by atoms with Gasteiger partial charge in [0, 0.05) is 10.9 Å². The van der Waals surface area contributed by atoms with Crippen LogP contribution >= 0.6 is 0 Å². The minimum Gasteiger partial charge on any atom is -0.507 e. The zero-order valence-electron chi connectivity index (χ0n) is 9.66. The van der Waals surface area contributed by atoms with Crippen LogP contribution in [0.5, 0.6) is 5.75 Å². The number of halogens is 3. The number of phenols is 1. The lowest BCUT2D eigenvalue weighted by molar-refractivity contribution is -0.123. The van der Waals surface area contributed by atoms with E-state index in [1.165, 1.54) is 12.1 Å². The number of carbonyl (C=O) groups is 1. The third-order valence-corrected chi connectivity index (χ3v) is 2.60. The summed E-state index contributed by atoms with van der Waals surface area (Å²) < 4.78 is 36.2. The molecule has 0 aromatic heterocycles. The van der Waals surface area contributed by atoms with E-state index in [1.54, 1.807) is 29.6 Å². The van der Waals surface area contributed by atoms with Crippen LogP contribution in [0.4, 0.5) is 13.2 Å². The highest BCUT2D eigenvalue weighted by atomic mass is 19.4. The van der Waals surface area contributed by atoms with E-state index in [0.29, 0.717) is 10.8 Å². The molecule has 0 saturated carbocycles. The molecule has 0 atom stereocenters. The Kier molecular flexibility index (Phi) is 3.33. The summed E-state index contributed by atoms with van der Waals surface area (Å²) in [5.41, 5.74) is 0.0950. The zero-order chi connectivity index (χ0) is 14.0. The molecule has 2 N–H and O–H groups in total. The van der Waals surface area contributed by atoms with Crippen LogP contribution < -0.4 is 5.32 Å². The summed E-state index contributed by atoms with van der Waals surface area (Å²) in [6, 6.07) is 9.04. The second-order valence-corrected chi connectivity index (χ2v) is 3.98. The fraction of sp³-hybridized carbons (Fsp3) is 0.154. The van der Waals surface area contributed by atoms with Gasteiger partial charge < -0.3 is 10.4 Å². The molecular weight excluding hydrogens is 259 g/mol. The molecule has 2 aromatic carbocycles. The summed E-state index contributed by atoms with van der Waals surface area (Å²) in [5, 5.41) is 12.3. The quantitative estimate of drug-likeness (QED) is 0.880. The first-order valence-electron chi connectivity index (χ1n) is 5.44. The predicted octanol–water partition coefficient (Wildman–Crippen LogP) is 2.84. The average molecular weight is 269 g/mol. The number of alkyl halides is 3. The van der Waals surface area contributed by atoms with Gasteiger partial charge in [-0.05, 0) is 17.5 Å². The van der Waals surface area contributed by atoms with Crippen molar-refractivity contribution >= 4 is 16.7 Å². The summed E-state index contributed by atoms with van der Waals surface area (Å²) in [7, 11) is 0. The highest BCUT2D eigenvalue weighted by Crippen LogP contribution is 2.27. The van der Waals surface area contributed by atoms with Crippen molar-refractivity contribution in [2.24, 2.45) is 0 Å². The Bertz CT molecular complexity index is 623. The van der Waals surface area contributed by atoms with Crippen molar-refractivity contribution < 1.29 is 23.1 Å². The normalized spacial score (nSPS) is 11.5. The number of nitrogens with one attached hydrogen (secondary N) is 1. The number of phenolic OH excluding ortho intramolecular Hbond substituents is 1. The second kappa shape index (κ2) is 4.79. The molecule has 0 bridgehead atoms. The Morgan fingerprint density at radius 1 is 1.11 bits per heavy atom. The van der Waals surface area contributed by atoms with Crippen molar-refractivity contribution in [3.05, 3.63) is 42.0 Å². The maximum absolute atomic E-state index is 12.1. The number of aromatic hydroxyl groups is 1. The number of hydrogen-bond donors (Lipinski definition) is 2. The highest BCUT2D eigenvalue weighted by molar-refractivity contribution is 6.08. The van der Waals surface area contributed by atoms with Gasteiger partial charge in [-0.3, -0.25) is 4.79 Å². The van der Waals surface area contributed by atoms with E-state index in [2.05, 4.69) is 0 Å². The van der Waals surface area contributed by atoms with Crippen LogP contribution in [0.25, 0.3) is 10.8 Å². The molecule has 0 fully saturated rings. The smallest absolute Gasteiger partial charge is 0.405 e. The van der Waals surface area contributed by atoms with Gasteiger partial charge in [0.1, 0.15) is 12.3 Å². The van der Waals surface area contributed by atoms with Crippen molar-refractivity contribution in [2.45, 2.75) is 6.18 Å². The first-order chi connectivity index (χ1) is 8.88. The topological polar surface area (TPSA) is 49.3 Å². The van der Waals surface area contributed by atoms with Gasteiger partial charge in [-0.15, -0.1) is 0 Å². The van der Waals surface area contributed by atoms with Gasteiger partial charge in [-0.2, -0.15) is 13.2 Å². The highest BCUT2D eigenvalue weighted by Gasteiger charge is 2.28. The number of benzene rings is 2. The Hall–Kier alpha value is -2.24. The summed E-state index contributed by atoms with van der Waals surface area (Å²) in [5.74, 6) is -0.850.